The molecule has 42 heavy (non-hydrogen) atoms. The number of carbonyl (C=O) groups excluding carboxylic acids is 1. The molecule has 2 aromatic rings. The Kier molecular flexibility index (Phi) is 17.4. The number of aromatic hydroxyl groups is 1. The zero-order chi connectivity index (χ0) is 31.7. The molecule has 0 bridgehead atoms. The van der Waals surface area contributed by atoms with Crippen LogP contribution in [0.5, 0.6) is 5.75 Å². The number of allylic oxidation sites excluding steroid dienone is 2. The highest BCUT2D eigenvalue weighted by atomic mass is 79.9. The van der Waals surface area contributed by atoms with E-state index >= 15 is 0 Å². The monoisotopic (exact) mass is 690 g/mol. The summed E-state index contributed by atoms with van der Waals surface area (Å²) in [5.74, 6) is -1.07. The van der Waals surface area contributed by atoms with Crippen LogP contribution in [0.15, 0.2) is 63.1 Å². The third-order valence-corrected chi connectivity index (χ3v) is 6.60. The van der Waals surface area contributed by atoms with E-state index in [2.05, 4.69) is 48.7 Å². The number of amides is 1. The molecule has 0 aliphatic carbocycles. The van der Waals surface area contributed by atoms with E-state index in [4.69, 9.17) is 27.9 Å². The van der Waals surface area contributed by atoms with E-state index in [0.29, 0.717) is 54.5 Å². The van der Waals surface area contributed by atoms with Crippen molar-refractivity contribution in [2.75, 3.05) is 52.5 Å². The number of nitrogens with zero attached hydrogens (tertiary/aromatic N) is 3. The van der Waals surface area contributed by atoms with E-state index in [9.17, 15) is 18.7 Å². The minimum Gasteiger partial charge on any atom is -0.506 e. The Morgan fingerprint density at radius 3 is 2.50 bits per heavy atom. The molecule has 0 radical (unpaired) electrons. The van der Waals surface area contributed by atoms with Crippen LogP contribution < -0.4 is 16.1 Å². The second-order valence-corrected chi connectivity index (χ2v) is 9.87. The Balaban J connectivity index is 0.00000165. The number of benzene rings is 2. The normalized spacial score (nSPS) is 13.4. The minimum atomic E-state index is -0.538. The van der Waals surface area contributed by atoms with Crippen molar-refractivity contribution >= 4 is 63.2 Å². The number of alkyl halides is 1. The van der Waals surface area contributed by atoms with Crippen LogP contribution in [-0.4, -0.2) is 75.5 Å². The van der Waals surface area contributed by atoms with E-state index in [1.54, 1.807) is 38.2 Å². The number of morpholine rings is 1. The molecule has 0 saturated carbocycles. The molecule has 1 fully saturated rings. The Labute approximate surface area is 263 Å². The summed E-state index contributed by atoms with van der Waals surface area (Å²) in [5, 5.41) is 20.5. The lowest BCUT2D eigenvalue weighted by atomic mass is 10.1. The average Bonchev–Trinajstić information content (AvgIpc) is 2.97. The number of hydrazone groups is 1. The van der Waals surface area contributed by atoms with Gasteiger partial charge in [-0.3, -0.25) is 19.6 Å². The summed E-state index contributed by atoms with van der Waals surface area (Å²) in [6, 6.07) is 6.64. The molecule has 0 atom stereocenters. The first-order valence-corrected chi connectivity index (χ1v) is 14.1. The Morgan fingerprint density at radius 2 is 1.90 bits per heavy atom. The van der Waals surface area contributed by atoms with Crippen LogP contribution in [0, 0.1) is 6.92 Å². The number of para-hydroxylation sites is 1. The summed E-state index contributed by atoms with van der Waals surface area (Å²) < 4.78 is 29.7. The number of hydrogen-bond donors (Lipinski definition) is 4. The second-order valence-electron chi connectivity index (χ2n) is 8.20. The van der Waals surface area contributed by atoms with Crippen LogP contribution in [0.2, 0.25) is 10.0 Å². The van der Waals surface area contributed by atoms with E-state index in [1.807, 2.05) is 11.8 Å². The molecule has 1 amide bonds. The maximum atomic E-state index is 14.6. The highest BCUT2D eigenvalue weighted by Gasteiger charge is 2.22. The third-order valence-electron chi connectivity index (χ3n) is 5.37. The molecule has 4 N–H and O–H groups in total. The van der Waals surface area contributed by atoms with Crippen molar-refractivity contribution in [1.29, 1.82) is 0 Å². The van der Waals surface area contributed by atoms with E-state index in [1.165, 1.54) is 12.3 Å². The molecule has 2 aromatic carbocycles. The zero-order valence-corrected chi connectivity index (χ0v) is 26.9. The smallest absolute Gasteiger partial charge is 0.257 e. The van der Waals surface area contributed by atoms with Gasteiger partial charge in [0.05, 0.1) is 59.7 Å². The van der Waals surface area contributed by atoms with Gasteiger partial charge in [-0.25, -0.2) is 4.39 Å². The molecule has 9 nitrogen and oxygen atoms in total. The number of nitrogens with one attached hydrogen (secondary N) is 3. The summed E-state index contributed by atoms with van der Waals surface area (Å²) in [6.07, 6.45) is 4.07. The summed E-state index contributed by atoms with van der Waals surface area (Å²) in [5.41, 5.74) is 4.00. The molecule has 1 aliphatic heterocycles. The Hall–Kier alpha value is -3.19. The van der Waals surface area contributed by atoms with Crippen LogP contribution in [0.3, 0.4) is 0 Å². The number of hydrogen-bond acceptors (Lipinski definition) is 8. The fraction of sp³-hybridized carbons (Fsp3) is 0.321. The number of aryl methyl sites for hydroxylation is 1. The molecule has 1 aliphatic rings. The molecule has 1 saturated heterocycles. The van der Waals surface area contributed by atoms with E-state index in [-0.39, 0.29) is 28.6 Å². The van der Waals surface area contributed by atoms with Gasteiger partial charge in [0.1, 0.15) is 18.2 Å². The van der Waals surface area contributed by atoms with Crippen LogP contribution in [0.1, 0.15) is 28.4 Å². The molecular weight excluding hydrogens is 657 g/mol. The van der Waals surface area contributed by atoms with Gasteiger partial charge in [0.2, 0.25) is 0 Å². The van der Waals surface area contributed by atoms with Crippen LogP contribution in [-0.2, 0) is 4.74 Å². The first-order valence-electron chi connectivity index (χ1n) is 12.5. The van der Waals surface area contributed by atoms with Gasteiger partial charge < -0.3 is 25.4 Å². The van der Waals surface area contributed by atoms with Crippen molar-refractivity contribution in [2.45, 2.75) is 13.8 Å². The van der Waals surface area contributed by atoms with Crippen LogP contribution >= 0.6 is 39.1 Å². The highest BCUT2D eigenvalue weighted by Crippen LogP contribution is 2.35. The quantitative estimate of drug-likeness (QED) is 0.104. The minimum absolute atomic E-state index is 0.0201. The lowest BCUT2D eigenvalue weighted by Crippen LogP contribution is -2.40. The number of ether oxygens (including phenoxy) is 1. The van der Waals surface area contributed by atoms with Crippen LogP contribution in [0.25, 0.3) is 0 Å². The topological polar surface area (TPSA) is 111 Å². The van der Waals surface area contributed by atoms with Gasteiger partial charge in [-0.15, -0.1) is 6.58 Å². The number of anilines is 1. The molecule has 230 valence electrons. The molecule has 0 spiro atoms. The maximum absolute atomic E-state index is 14.6. The van der Waals surface area contributed by atoms with Gasteiger partial charge >= 0.3 is 0 Å². The van der Waals surface area contributed by atoms with Gasteiger partial charge in [-0.2, -0.15) is 5.10 Å². The molecule has 1 heterocycles. The van der Waals surface area contributed by atoms with E-state index in [0.717, 1.165) is 11.8 Å². The summed E-state index contributed by atoms with van der Waals surface area (Å²) in [7, 11) is 2.14. The molecular formula is C28H35BrCl2F2N6O3. The van der Waals surface area contributed by atoms with Gasteiger partial charge in [-0.05, 0) is 47.5 Å². The van der Waals surface area contributed by atoms with Gasteiger partial charge in [-0.1, -0.05) is 41.4 Å². The van der Waals surface area contributed by atoms with Gasteiger partial charge in [0, 0.05) is 24.6 Å². The van der Waals surface area contributed by atoms with Crippen molar-refractivity contribution in [2.24, 2.45) is 10.1 Å². The van der Waals surface area contributed by atoms with Crippen molar-refractivity contribution < 1.29 is 23.4 Å². The molecule has 0 aromatic heterocycles. The third kappa shape index (κ3) is 10.9. The van der Waals surface area contributed by atoms with Crippen molar-refractivity contribution in [3.8, 4) is 5.75 Å². The maximum Gasteiger partial charge on any atom is 0.257 e. The molecule has 0 unspecified atom stereocenters. The fourth-order valence-electron chi connectivity index (χ4n) is 3.54. The summed E-state index contributed by atoms with van der Waals surface area (Å²) in [6.45, 7) is 9.19. The number of phenols is 1. The fourth-order valence-corrected chi connectivity index (χ4v) is 4.78. The summed E-state index contributed by atoms with van der Waals surface area (Å²) in [4.78, 5) is 19.0. The van der Waals surface area contributed by atoms with Gasteiger partial charge in [0.15, 0.2) is 5.83 Å². The largest absolute Gasteiger partial charge is 0.506 e. The predicted octanol–water partition coefficient (Wildman–Crippen LogP) is 6.44. The Bertz CT molecular complexity index is 1270. The lowest BCUT2D eigenvalue weighted by molar-refractivity contribution is 0.0498. The lowest BCUT2D eigenvalue weighted by Gasteiger charge is -2.30. The Morgan fingerprint density at radius 1 is 1.26 bits per heavy atom. The highest BCUT2D eigenvalue weighted by molar-refractivity contribution is 9.10. The zero-order valence-electron chi connectivity index (χ0n) is 23.8. The van der Waals surface area contributed by atoms with Crippen molar-refractivity contribution in [3.05, 3.63) is 79.8 Å². The summed E-state index contributed by atoms with van der Waals surface area (Å²) >= 11 is 15.7. The standard InChI is InChI=1S/C24H26BrCl2FN6O3.C3H6.CH3F/c1-14-4-3-5-17(26)21(14)33-24(36)20-15(22(35)18(27)10-16(20)25)11-31-32-13-30-12-19(28)23(29-2)34-6-8-37-9-7-34;1-3-2;1-2/h3-5,10-12,29,32,35H,6-9,13H2,1-2H3,(H,33,36);3H,1H2,2H3;1H3/b23-19-,30-12-,31-11-;;. The number of rotatable bonds is 9. The number of aliphatic imine (C=N–C) groups is 1. The van der Waals surface area contributed by atoms with E-state index < -0.39 is 11.7 Å². The number of halogens is 5. The first kappa shape index (κ1) is 36.8. The van der Waals surface area contributed by atoms with Crippen molar-refractivity contribution in [1.82, 2.24) is 15.6 Å². The number of phenolic OH excluding ortho intramolecular Hbond substituents is 1. The first-order chi connectivity index (χ1) is 20.2. The predicted molar refractivity (Wildman–Crippen MR) is 172 cm³/mol. The molecule has 3 rings (SSSR count). The van der Waals surface area contributed by atoms with Crippen LogP contribution in [0.4, 0.5) is 14.5 Å². The molecule has 14 heteroatoms. The second kappa shape index (κ2) is 19.8. The number of carbonyl (C=O) groups is 1. The average molecular weight is 692 g/mol. The SMILES string of the molecule is C=CC.CF.CN/C(=C(F)\C=N/CN/N=C\c1c(O)c(Cl)cc(Br)c1C(=O)Nc1c(C)cccc1Cl)N1CCOCC1. The van der Waals surface area contributed by atoms with Crippen molar-refractivity contribution in [3.63, 3.8) is 0 Å². The van der Waals surface area contributed by atoms with Gasteiger partial charge in [0.25, 0.3) is 5.91 Å².